The quantitative estimate of drug-likeness (QED) is 0.846. The molecule has 0 unspecified atom stereocenters. The second-order valence-corrected chi connectivity index (χ2v) is 4.85. The Hall–Kier alpha value is -2.20. The van der Waals surface area contributed by atoms with E-state index in [1.165, 1.54) is 0 Å². The Morgan fingerprint density at radius 3 is 2.52 bits per heavy atom. The van der Waals surface area contributed by atoms with E-state index < -0.39 is 0 Å². The molecule has 0 aliphatic rings. The molecular formula is C17H20N2O2. The van der Waals surface area contributed by atoms with Crippen molar-refractivity contribution in [1.82, 2.24) is 9.88 Å². The van der Waals surface area contributed by atoms with Gasteiger partial charge in [-0.1, -0.05) is 36.4 Å². The van der Waals surface area contributed by atoms with Gasteiger partial charge in [-0.15, -0.1) is 0 Å². The summed E-state index contributed by atoms with van der Waals surface area (Å²) in [7, 11) is 0. The Morgan fingerprint density at radius 2 is 1.86 bits per heavy atom. The van der Waals surface area contributed by atoms with Gasteiger partial charge in [0, 0.05) is 31.4 Å². The third-order valence-electron chi connectivity index (χ3n) is 3.26. The first-order chi connectivity index (χ1) is 10.3. The maximum Gasteiger partial charge on any atom is 0.223 e. The van der Waals surface area contributed by atoms with Crippen molar-refractivity contribution in [2.45, 2.75) is 19.4 Å². The van der Waals surface area contributed by atoms with Crippen LogP contribution in [0.1, 0.15) is 17.7 Å². The van der Waals surface area contributed by atoms with Crippen LogP contribution in [0.5, 0.6) is 0 Å². The molecule has 0 saturated carbocycles. The molecule has 2 rings (SSSR count). The number of aliphatic hydroxyl groups excluding tert-OH is 1. The third kappa shape index (κ3) is 5.00. The molecule has 4 nitrogen and oxygen atoms in total. The first-order valence-electron chi connectivity index (χ1n) is 7.12. The normalized spacial score (nSPS) is 10.3. The van der Waals surface area contributed by atoms with Gasteiger partial charge in [-0.2, -0.15) is 0 Å². The summed E-state index contributed by atoms with van der Waals surface area (Å²) in [4.78, 5) is 18.2. The molecule has 0 fully saturated rings. The Kier molecular flexibility index (Phi) is 5.91. The average molecular weight is 284 g/mol. The summed E-state index contributed by atoms with van der Waals surface area (Å²) in [6.07, 6.45) is 2.76. The van der Waals surface area contributed by atoms with Crippen LogP contribution in [0.3, 0.4) is 0 Å². The van der Waals surface area contributed by atoms with Crippen molar-refractivity contribution in [2.24, 2.45) is 0 Å². The van der Waals surface area contributed by atoms with Gasteiger partial charge in [0.15, 0.2) is 0 Å². The van der Waals surface area contributed by atoms with Crippen LogP contribution in [0.2, 0.25) is 0 Å². The molecule has 1 aromatic heterocycles. The number of benzene rings is 1. The van der Waals surface area contributed by atoms with Crippen molar-refractivity contribution in [3.8, 4) is 0 Å². The van der Waals surface area contributed by atoms with Crippen LogP contribution in [-0.2, 0) is 17.8 Å². The first-order valence-corrected chi connectivity index (χ1v) is 7.12. The predicted molar refractivity (Wildman–Crippen MR) is 81.5 cm³/mol. The maximum atomic E-state index is 12.3. The Morgan fingerprint density at radius 1 is 1.10 bits per heavy atom. The molecule has 1 heterocycles. The van der Waals surface area contributed by atoms with Crippen molar-refractivity contribution in [1.29, 1.82) is 0 Å². The van der Waals surface area contributed by atoms with Crippen molar-refractivity contribution in [3.05, 3.63) is 66.0 Å². The van der Waals surface area contributed by atoms with E-state index in [9.17, 15) is 4.79 Å². The zero-order chi connectivity index (χ0) is 14.9. The van der Waals surface area contributed by atoms with Gasteiger partial charge >= 0.3 is 0 Å². The molecule has 2 aromatic rings. The zero-order valence-corrected chi connectivity index (χ0v) is 12.0. The van der Waals surface area contributed by atoms with Gasteiger partial charge in [0.25, 0.3) is 0 Å². The summed E-state index contributed by atoms with van der Waals surface area (Å²) < 4.78 is 0. The SMILES string of the molecule is O=C(CCc1ccccn1)N(CCO)Cc1ccccc1. The third-order valence-corrected chi connectivity index (χ3v) is 3.26. The zero-order valence-electron chi connectivity index (χ0n) is 12.0. The number of hydrogen-bond donors (Lipinski definition) is 1. The summed E-state index contributed by atoms with van der Waals surface area (Å²) in [6, 6.07) is 15.5. The topological polar surface area (TPSA) is 53.4 Å². The van der Waals surface area contributed by atoms with E-state index in [1.807, 2.05) is 48.5 Å². The number of aromatic nitrogens is 1. The number of pyridine rings is 1. The van der Waals surface area contributed by atoms with Crippen molar-refractivity contribution in [2.75, 3.05) is 13.2 Å². The minimum absolute atomic E-state index is 0.0256. The van der Waals surface area contributed by atoms with E-state index in [0.717, 1.165) is 11.3 Å². The molecule has 1 amide bonds. The largest absolute Gasteiger partial charge is 0.395 e. The highest BCUT2D eigenvalue weighted by Gasteiger charge is 2.13. The van der Waals surface area contributed by atoms with E-state index in [2.05, 4.69) is 4.98 Å². The van der Waals surface area contributed by atoms with Gasteiger partial charge in [-0.25, -0.2) is 0 Å². The molecule has 0 atom stereocenters. The minimum Gasteiger partial charge on any atom is -0.395 e. The van der Waals surface area contributed by atoms with E-state index in [1.54, 1.807) is 11.1 Å². The number of hydrogen-bond acceptors (Lipinski definition) is 3. The van der Waals surface area contributed by atoms with Crippen LogP contribution >= 0.6 is 0 Å². The van der Waals surface area contributed by atoms with Crippen molar-refractivity contribution < 1.29 is 9.90 Å². The van der Waals surface area contributed by atoms with E-state index >= 15 is 0 Å². The Labute approximate surface area is 125 Å². The minimum atomic E-state index is -0.0256. The lowest BCUT2D eigenvalue weighted by atomic mass is 10.1. The van der Waals surface area contributed by atoms with E-state index in [4.69, 9.17) is 5.11 Å². The van der Waals surface area contributed by atoms with E-state index in [-0.39, 0.29) is 12.5 Å². The molecule has 110 valence electrons. The fraction of sp³-hybridized carbons (Fsp3) is 0.294. The van der Waals surface area contributed by atoms with Gasteiger partial charge in [0.2, 0.25) is 5.91 Å². The van der Waals surface area contributed by atoms with Crippen LogP contribution in [0.15, 0.2) is 54.7 Å². The fourth-order valence-electron chi connectivity index (χ4n) is 2.16. The molecule has 1 aromatic carbocycles. The molecular weight excluding hydrogens is 264 g/mol. The number of aliphatic hydroxyl groups is 1. The monoisotopic (exact) mass is 284 g/mol. The number of amides is 1. The van der Waals surface area contributed by atoms with Crippen molar-refractivity contribution >= 4 is 5.91 Å². The highest BCUT2D eigenvalue weighted by molar-refractivity contribution is 5.76. The maximum absolute atomic E-state index is 12.3. The van der Waals surface area contributed by atoms with Crippen molar-refractivity contribution in [3.63, 3.8) is 0 Å². The van der Waals surface area contributed by atoms with Crippen LogP contribution < -0.4 is 0 Å². The lowest BCUT2D eigenvalue weighted by molar-refractivity contribution is -0.132. The van der Waals surface area contributed by atoms with Gasteiger partial charge < -0.3 is 10.0 Å². The standard InChI is InChI=1S/C17H20N2O2/c20-13-12-19(14-15-6-2-1-3-7-15)17(21)10-9-16-8-4-5-11-18-16/h1-8,11,20H,9-10,12-14H2. The second-order valence-electron chi connectivity index (χ2n) is 4.85. The highest BCUT2D eigenvalue weighted by Crippen LogP contribution is 2.08. The molecule has 21 heavy (non-hydrogen) atoms. The summed E-state index contributed by atoms with van der Waals surface area (Å²) in [5, 5.41) is 9.14. The predicted octanol–water partition coefficient (Wildman–Crippen LogP) is 2.04. The molecule has 4 heteroatoms. The van der Waals surface area contributed by atoms with Gasteiger partial charge in [0.1, 0.15) is 0 Å². The number of aryl methyl sites for hydroxylation is 1. The summed E-state index contributed by atoms with van der Waals surface area (Å²) >= 11 is 0. The van der Waals surface area contributed by atoms with Crippen LogP contribution in [0.4, 0.5) is 0 Å². The molecule has 1 N–H and O–H groups in total. The lowest BCUT2D eigenvalue weighted by Gasteiger charge is -2.22. The molecule has 0 aliphatic carbocycles. The van der Waals surface area contributed by atoms with Gasteiger partial charge in [-0.05, 0) is 24.1 Å². The highest BCUT2D eigenvalue weighted by atomic mass is 16.3. The van der Waals surface area contributed by atoms with Crippen LogP contribution in [0, 0.1) is 0 Å². The molecule has 0 saturated heterocycles. The number of carbonyl (C=O) groups is 1. The molecule has 0 spiro atoms. The van der Waals surface area contributed by atoms with Crippen LogP contribution in [0.25, 0.3) is 0 Å². The summed E-state index contributed by atoms with van der Waals surface area (Å²) in [5.74, 6) is 0.0403. The summed E-state index contributed by atoms with van der Waals surface area (Å²) in [6.45, 7) is 0.862. The Bertz CT molecular complexity index is 543. The number of rotatable bonds is 7. The van der Waals surface area contributed by atoms with Gasteiger partial charge in [-0.3, -0.25) is 9.78 Å². The van der Waals surface area contributed by atoms with Gasteiger partial charge in [0.05, 0.1) is 6.61 Å². The number of carbonyl (C=O) groups excluding carboxylic acids is 1. The van der Waals surface area contributed by atoms with E-state index in [0.29, 0.717) is 25.9 Å². The second kappa shape index (κ2) is 8.17. The fourth-order valence-corrected chi connectivity index (χ4v) is 2.16. The first kappa shape index (κ1) is 15.2. The average Bonchev–Trinajstić information content (AvgIpc) is 2.54. The molecule has 0 bridgehead atoms. The molecule has 0 radical (unpaired) electrons. The Balaban J connectivity index is 1.92. The summed E-state index contributed by atoms with van der Waals surface area (Å²) in [5.41, 5.74) is 1.98. The number of nitrogens with zero attached hydrogens (tertiary/aromatic N) is 2. The molecule has 0 aliphatic heterocycles. The lowest BCUT2D eigenvalue weighted by Crippen LogP contribution is -2.33. The van der Waals surface area contributed by atoms with Crippen LogP contribution in [-0.4, -0.2) is 34.0 Å². The smallest absolute Gasteiger partial charge is 0.223 e.